The Morgan fingerprint density at radius 3 is 2.18 bits per heavy atom. The lowest BCUT2D eigenvalue weighted by molar-refractivity contribution is -0.132. The molecular weight excluding hydrogens is 472 g/mol. The van der Waals surface area contributed by atoms with Crippen LogP contribution < -0.4 is 9.04 Å². The summed E-state index contributed by atoms with van der Waals surface area (Å²) in [7, 11) is -3.83. The molecule has 3 aromatic carbocycles. The number of hydrogen-bond acceptors (Lipinski definition) is 4. The maximum Gasteiger partial charge on any atom is 0.264 e. The summed E-state index contributed by atoms with van der Waals surface area (Å²) >= 11 is 6.00. The molecule has 0 aromatic heterocycles. The van der Waals surface area contributed by atoms with Crippen LogP contribution in [0.4, 0.5) is 5.69 Å². The molecule has 1 heterocycles. The van der Waals surface area contributed by atoms with E-state index in [1.165, 1.54) is 4.31 Å². The Kier molecular flexibility index (Phi) is 7.44. The Morgan fingerprint density at radius 2 is 1.56 bits per heavy atom. The minimum absolute atomic E-state index is 0.0322. The number of aryl methyl sites for hydroxylation is 1. The molecule has 0 aliphatic carbocycles. The van der Waals surface area contributed by atoms with Crippen molar-refractivity contribution < 1.29 is 17.9 Å². The molecular formula is C26H27ClN2O4S. The molecule has 1 amide bonds. The zero-order chi connectivity index (χ0) is 24.1. The molecule has 0 bridgehead atoms. The van der Waals surface area contributed by atoms with E-state index >= 15 is 0 Å². The van der Waals surface area contributed by atoms with E-state index in [9.17, 15) is 13.2 Å². The van der Waals surface area contributed by atoms with Gasteiger partial charge >= 0.3 is 0 Å². The van der Waals surface area contributed by atoms with Gasteiger partial charge in [0, 0.05) is 18.1 Å². The first-order valence-corrected chi connectivity index (χ1v) is 13.0. The smallest absolute Gasteiger partial charge is 0.264 e. The lowest BCUT2D eigenvalue weighted by Gasteiger charge is -2.25. The molecule has 0 N–H and O–H groups in total. The fraction of sp³-hybridized carbons (Fsp3) is 0.269. The van der Waals surface area contributed by atoms with Crippen LogP contribution >= 0.6 is 11.6 Å². The van der Waals surface area contributed by atoms with E-state index < -0.39 is 10.0 Å². The molecule has 0 saturated carbocycles. The van der Waals surface area contributed by atoms with Gasteiger partial charge in [-0.1, -0.05) is 41.4 Å². The number of benzene rings is 3. The zero-order valence-electron chi connectivity index (χ0n) is 19.0. The van der Waals surface area contributed by atoms with Crippen LogP contribution in [0.1, 0.15) is 24.0 Å². The van der Waals surface area contributed by atoms with Crippen molar-refractivity contribution in [2.75, 3.05) is 24.0 Å². The van der Waals surface area contributed by atoms with E-state index in [1.807, 2.05) is 6.92 Å². The van der Waals surface area contributed by atoms with Gasteiger partial charge in [0.15, 0.2) is 6.61 Å². The predicted molar refractivity (Wildman–Crippen MR) is 134 cm³/mol. The number of rotatable bonds is 8. The van der Waals surface area contributed by atoms with Gasteiger partial charge in [-0.2, -0.15) is 0 Å². The number of likely N-dealkylation sites (tertiary alicyclic amines) is 1. The molecule has 8 heteroatoms. The number of sulfonamides is 1. The number of carbonyl (C=O) groups excluding carboxylic acids is 1. The molecule has 34 heavy (non-hydrogen) atoms. The molecule has 1 aliphatic heterocycles. The van der Waals surface area contributed by atoms with Crippen molar-refractivity contribution in [3.63, 3.8) is 0 Å². The van der Waals surface area contributed by atoms with E-state index in [-0.39, 0.29) is 24.0 Å². The fourth-order valence-electron chi connectivity index (χ4n) is 3.82. The van der Waals surface area contributed by atoms with Gasteiger partial charge in [0.25, 0.3) is 15.9 Å². The van der Waals surface area contributed by atoms with Gasteiger partial charge in [-0.3, -0.25) is 9.10 Å². The highest BCUT2D eigenvalue weighted by molar-refractivity contribution is 7.92. The van der Waals surface area contributed by atoms with Crippen LogP contribution in [0.3, 0.4) is 0 Å². The Labute approximate surface area is 205 Å². The average Bonchev–Trinajstić information content (AvgIpc) is 3.38. The quantitative estimate of drug-likeness (QED) is 0.436. The molecule has 0 radical (unpaired) electrons. The lowest BCUT2D eigenvalue weighted by atomic mass is 10.2. The minimum atomic E-state index is -3.83. The van der Waals surface area contributed by atoms with Crippen LogP contribution in [-0.2, 0) is 21.4 Å². The zero-order valence-corrected chi connectivity index (χ0v) is 20.6. The van der Waals surface area contributed by atoms with Crippen LogP contribution in [0.15, 0.2) is 77.7 Å². The lowest BCUT2D eigenvalue weighted by Crippen LogP contribution is -2.32. The number of ether oxygens (including phenoxy) is 1. The molecule has 3 aromatic rings. The largest absolute Gasteiger partial charge is 0.484 e. The predicted octanol–water partition coefficient (Wildman–Crippen LogP) is 5.05. The number of carbonyl (C=O) groups is 1. The van der Waals surface area contributed by atoms with Crippen LogP contribution in [0, 0.1) is 6.92 Å². The highest BCUT2D eigenvalue weighted by Gasteiger charge is 2.25. The van der Waals surface area contributed by atoms with E-state index in [1.54, 1.807) is 77.7 Å². The molecule has 178 valence electrons. The van der Waals surface area contributed by atoms with Crippen molar-refractivity contribution in [1.82, 2.24) is 4.90 Å². The summed E-state index contributed by atoms with van der Waals surface area (Å²) in [5.41, 5.74) is 2.28. The van der Waals surface area contributed by atoms with Crippen molar-refractivity contribution in [2.45, 2.75) is 31.2 Å². The van der Waals surface area contributed by atoms with E-state index in [2.05, 4.69) is 0 Å². The second-order valence-electron chi connectivity index (χ2n) is 8.32. The number of amides is 1. The monoisotopic (exact) mass is 498 g/mol. The molecule has 1 fully saturated rings. The summed E-state index contributed by atoms with van der Waals surface area (Å²) < 4.78 is 34.2. The molecule has 0 unspecified atom stereocenters. The Morgan fingerprint density at radius 1 is 0.941 bits per heavy atom. The molecule has 6 nitrogen and oxygen atoms in total. The molecule has 4 rings (SSSR count). The van der Waals surface area contributed by atoms with Crippen LogP contribution in [-0.4, -0.2) is 38.9 Å². The Hall–Kier alpha value is -3.03. The highest BCUT2D eigenvalue weighted by Crippen LogP contribution is 2.28. The number of anilines is 1. The number of hydrogen-bond donors (Lipinski definition) is 0. The van der Waals surface area contributed by atoms with E-state index in [0.717, 1.165) is 37.1 Å². The Bertz CT molecular complexity index is 1220. The van der Waals surface area contributed by atoms with Crippen molar-refractivity contribution in [3.8, 4) is 5.75 Å². The third-order valence-corrected chi connectivity index (χ3v) is 7.83. The highest BCUT2D eigenvalue weighted by atomic mass is 35.5. The second-order valence-corrected chi connectivity index (χ2v) is 10.6. The average molecular weight is 499 g/mol. The standard InChI is InChI=1S/C26H27ClN2O4S/c1-20-4-14-25(15-5-20)34(31,32)29(18-21-6-8-22(27)9-7-21)23-10-12-24(13-11-23)33-19-26(30)28-16-2-3-17-28/h4-15H,2-3,16-19H2,1H3. The van der Waals surface area contributed by atoms with E-state index in [0.29, 0.717) is 16.5 Å². The molecule has 0 atom stereocenters. The van der Waals surface area contributed by atoms with Crippen molar-refractivity contribution in [3.05, 3.63) is 88.9 Å². The molecule has 1 aliphatic rings. The third kappa shape index (κ3) is 5.72. The first-order valence-electron chi connectivity index (χ1n) is 11.2. The second kappa shape index (κ2) is 10.5. The van der Waals surface area contributed by atoms with Gasteiger partial charge in [-0.15, -0.1) is 0 Å². The van der Waals surface area contributed by atoms with Crippen LogP contribution in [0.2, 0.25) is 5.02 Å². The summed E-state index contributed by atoms with van der Waals surface area (Å²) in [6, 6.07) is 20.6. The van der Waals surface area contributed by atoms with Crippen molar-refractivity contribution >= 4 is 33.2 Å². The van der Waals surface area contributed by atoms with Gasteiger partial charge in [-0.25, -0.2) is 8.42 Å². The minimum Gasteiger partial charge on any atom is -0.484 e. The summed E-state index contributed by atoms with van der Waals surface area (Å²) in [6.07, 6.45) is 2.05. The Balaban J connectivity index is 1.57. The van der Waals surface area contributed by atoms with E-state index in [4.69, 9.17) is 16.3 Å². The van der Waals surface area contributed by atoms with Crippen LogP contribution in [0.25, 0.3) is 0 Å². The first-order chi connectivity index (χ1) is 16.3. The maximum atomic E-state index is 13.6. The SMILES string of the molecule is Cc1ccc(S(=O)(=O)N(Cc2ccc(Cl)cc2)c2ccc(OCC(=O)N3CCCC3)cc2)cc1. The van der Waals surface area contributed by atoms with Gasteiger partial charge in [0.2, 0.25) is 0 Å². The fourth-order valence-corrected chi connectivity index (χ4v) is 5.40. The van der Waals surface area contributed by atoms with Gasteiger partial charge in [0.1, 0.15) is 5.75 Å². The number of halogens is 1. The summed E-state index contributed by atoms with van der Waals surface area (Å²) in [5.74, 6) is 0.475. The molecule has 1 saturated heterocycles. The maximum absolute atomic E-state index is 13.6. The topological polar surface area (TPSA) is 66.9 Å². The van der Waals surface area contributed by atoms with Crippen molar-refractivity contribution in [1.29, 1.82) is 0 Å². The van der Waals surface area contributed by atoms with Gasteiger partial charge < -0.3 is 9.64 Å². The summed E-state index contributed by atoms with van der Waals surface area (Å²) in [4.78, 5) is 14.3. The van der Waals surface area contributed by atoms with Crippen molar-refractivity contribution in [2.24, 2.45) is 0 Å². The normalized spacial score (nSPS) is 13.6. The third-order valence-electron chi connectivity index (χ3n) is 5.79. The molecule has 0 spiro atoms. The summed E-state index contributed by atoms with van der Waals surface area (Å²) in [6.45, 7) is 3.57. The van der Waals surface area contributed by atoms with Gasteiger partial charge in [-0.05, 0) is 73.9 Å². The van der Waals surface area contributed by atoms with Crippen LogP contribution in [0.5, 0.6) is 5.75 Å². The first kappa shape index (κ1) is 24.1. The number of nitrogens with zero attached hydrogens (tertiary/aromatic N) is 2. The summed E-state index contributed by atoms with van der Waals surface area (Å²) in [5, 5.41) is 0.585. The van der Waals surface area contributed by atoms with Gasteiger partial charge in [0.05, 0.1) is 17.1 Å².